The predicted molar refractivity (Wildman–Crippen MR) is 114 cm³/mol. The predicted octanol–water partition coefficient (Wildman–Crippen LogP) is 5.79. The van der Waals surface area contributed by atoms with Crippen molar-refractivity contribution in [1.82, 2.24) is 9.36 Å². The van der Waals surface area contributed by atoms with Gasteiger partial charge in [-0.15, -0.1) is 0 Å². The quantitative estimate of drug-likeness (QED) is 0.518. The normalized spacial score (nSPS) is 23.7. The van der Waals surface area contributed by atoms with Gasteiger partial charge in [0.05, 0.1) is 12.2 Å². The number of benzene rings is 2. The molecule has 2 aliphatic carbocycles. The van der Waals surface area contributed by atoms with Crippen molar-refractivity contribution >= 4 is 11.6 Å². The van der Waals surface area contributed by atoms with Crippen molar-refractivity contribution in [2.24, 2.45) is 5.41 Å². The second kappa shape index (κ2) is 6.30. The summed E-state index contributed by atoms with van der Waals surface area (Å²) in [6.07, 6.45) is 1.93. The maximum absolute atomic E-state index is 14.8. The van der Waals surface area contributed by atoms with Crippen LogP contribution in [-0.2, 0) is 12.0 Å². The van der Waals surface area contributed by atoms with Crippen LogP contribution in [0.3, 0.4) is 0 Å². The van der Waals surface area contributed by atoms with E-state index in [4.69, 9.17) is 11.6 Å². The molecule has 2 atom stereocenters. The van der Waals surface area contributed by atoms with Crippen molar-refractivity contribution < 1.29 is 8.78 Å². The van der Waals surface area contributed by atoms with Crippen LogP contribution in [0.25, 0.3) is 5.69 Å². The zero-order valence-corrected chi connectivity index (χ0v) is 17.9. The van der Waals surface area contributed by atoms with E-state index in [2.05, 4.69) is 20.8 Å². The number of halogens is 3. The molecule has 5 rings (SSSR count). The smallest absolute Gasteiger partial charge is 0.275 e. The van der Waals surface area contributed by atoms with E-state index in [1.807, 2.05) is 16.8 Å². The van der Waals surface area contributed by atoms with Crippen molar-refractivity contribution in [3.05, 3.63) is 86.3 Å². The van der Waals surface area contributed by atoms with E-state index >= 15 is 0 Å². The molecular weight excluding hydrogens is 406 g/mol. The molecule has 156 valence electrons. The summed E-state index contributed by atoms with van der Waals surface area (Å²) >= 11 is 6.04. The fraction of sp³-hybridized carbons (Fsp3) is 0.375. The molecule has 1 heterocycles. The van der Waals surface area contributed by atoms with Gasteiger partial charge in [0.15, 0.2) is 5.82 Å². The van der Waals surface area contributed by atoms with Gasteiger partial charge < -0.3 is 0 Å². The maximum Gasteiger partial charge on any atom is 0.275 e. The van der Waals surface area contributed by atoms with Gasteiger partial charge in [-0.1, -0.05) is 44.5 Å². The van der Waals surface area contributed by atoms with Crippen LogP contribution < -0.4 is 5.56 Å². The number of hydrogen-bond donors (Lipinski definition) is 0. The molecule has 3 aromatic rings. The second-order valence-electron chi connectivity index (χ2n) is 9.30. The van der Waals surface area contributed by atoms with E-state index in [0.717, 1.165) is 35.7 Å². The van der Waals surface area contributed by atoms with Crippen LogP contribution >= 0.6 is 11.6 Å². The molecule has 6 heteroatoms. The summed E-state index contributed by atoms with van der Waals surface area (Å²) in [6.45, 7) is 7.05. The Morgan fingerprint density at radius 1 is 1.10 bits per heavy atom. The molecule has 0 aliphatic heterocycles. The zero-order valence-electron chi connectivity index (χ0n) is 17.2. The highest BCUT2D eigenvalue weighted by Gasteiger charge is 2.62. The topological polar surface area (TPSA) is 26.9 Å². The van der Waals surface area contributed by atoms with Gasteiger partial charge >= 0.3 is 0 Å². The average Bonchev–Trinajstić information content (AvgIpc) is 3.16. The van der Waals surface area contributed by atoms with E-state index in [0.29, 0.717) is 11.6 Å². The summed E-state index contributed by atoms with van der Waals surface area (Å²) in [5.74, 6) is -1.28. The van der Waals surface area contributed by atoms with Crippen LogP contribution in [0, 0.1) is 17.0 Å². The molecular formula is C24H23ClF2N2O. The molecule has 2 unspecified atom stereocenters. The fourth-order valence-corrected chi connectivity index (χ4v) is 5.82. The lowest BCUT2D eigenvalue weighted by atomic mass is 9.70. The standard InChI is InChI=1S/C24H23ClF2N2O/c1-23(2)17-10-11-24(23,3)21-20(17)22(30)29(19-9-8-16(26)12-18(19)27)28(21)13-14-4-6-15(25)7-5-14/h4-9,12,17H,10-11,13H2,1-3H3. The number of nitrogens with zero attached hydrogens (tertiary/aromatic N) is 2. The van der Waals surface area contributed by atoms with Gasteiger partial charge in [0.1, 0.15) is 11.5 Å². The van der Waals surface area contributed by atoms with E-state index in [-0.39, 0.29) is 28.0 Å². The highest BCUT2D eigenvalue weighted by molar-refractivity contribution is 6.30. The molecule has 0 amide bonds. The van der Waals surface area contributed by atoms with Crippen molar-refractivity contribution in [2.75, 3.05) is 0 Å². The number of fused-ring (bicyclic) bond motifs is 5. The van der Waals surface area contributed by atoms with E-state index in [1.54, 1.807) is 12.1 Å². The van der Waals surface area contributed by atoms with Gasteiger partial charge in [-0.3, -0.25) is 9.48 Å². The molecule has 0 saturated heterocycles. The molecule has 2 bridgehead atoms. The molecule has 1 fully saturated rings. The molecule has 0 N–H and O–H groups in total. The summed E-state index contributed by atoms with van der Waals surface area (Å²) in [6, 6.07) is 10.8. The first kappa shape index (κ1) is 19.6. The first-order valence-corrected chi connectivity index (χ1v) is 10.6. The Kier molecular flexibility index (Phi) is 4.11. The van der Waals surface area contributed by atoms with Crippen molar-refractivity contribution in [3.8, 4) is 5.69 Å². The molecule has 2 aliphatic rings. The Balaban J connectivity index is 1.79. The lowest BCUT2D eigenvalue weighted by Crippen LogP contribution is -2.36. The van der Waals surface area contributed by atoms with Gasteiger partial charge in [0, 0.05) is 22.1 Å². The lowest BCUT2D eigenvalue weighted by molar-refractivity contribution is 0.216. The number of hydrogen-bond acceptors (Lipinski definition) is 1. The Hall–Kier alpha value is -2.40. The SMILES string of the molecule is CC12CCC(c3c1n(Cc1ccc(Cl)cc1)n(-c1ccc(F)cc1F)c3=O)C2(C)C. The summed E-state index contributed by atoms with van der Waals surface area (Å²) in [5, 5.41) is 0.630. The molecule has 30 heavy (non-hydrogen) atoms. The summed E-state index contributed by atoms with van der Waals surface area (Å²) in [5.41, 5.74) is 2.34. The van der Waals surface area contributed by atoms with Crippen LogP contribution in [0.2, 0.25) is 5.02 Å². The first-order valence-electron chi connectivity index (χ1n) is 10.2. The van der Waals surface area contributed by atoms with Crippen molar-refractivity contribution in [1.29, 1.82) is 0 Å². The molecule has 2 aromatic carbocycles. The summed E-state index contributed by atoms with van der Waals surface area (Å²) in [7, 11) is 0. The highest BCUT2D eigenvalue weighted by Crippen LogP contribution is 2.67. The maximum atomic E-state index is 14.8. The molecule has 3 nitrogen and oxygen atoms in total. The monoisotopic (exact) mass is 428 g/mol. The van der Waals surface area contributed by atoms with Crippen molar-refractivity contribution in [3.63, 3.8) is 0 Å². The molecule has 1 aromatic heterocycles. The van der Waals surface area contributed by atoms with Crippen LogP contribution in [0.15, 0.2) is 47.3 Å². The third kappa shape index (κ3) is 2.45. The minimum absolute atomic E-state index is 0.0565. The van der Waals surface area contributed by atoms with Gasteiger partial charge in [-0.2, -0.15) is 0 Å². The molecule has 0 spiro atoms. The first-order chi connectivity index (χ1) is 14.1. The van der Waals surface area contributed by atoms with E-state index in [1.165, 1.54) is 16.8 Å². The van der Waals surface area contributed by atoms with Crippen LogP contribution in [0.1, 0.15) is 56.4 Å². The van der Waals surface area contributed by atoms with Gasteiger partial charge in [0.25, 0.3) is 5.56 Å². The lowest BCUT2D eigenvalue weighted by Gasteiger charge is -2.36. The largest absolute Gasteiger partial charge is 0.277 e. The third-order valence-electron chi connectivity index (χ3n) is 7.66. The van der Waals surface area contributed by atoms with Crippen LogP contribution in [0.5, 0.6) is 0 Å². The Morgan fingerprint density at radius 3 is 2.47 bits per heavy atom. The fourth-order valence-electron chi connectivity index (χ4n) is 5.69. The van der Waals surface area contributed by atoms with Gasteiger partial charge in [-0.05, 0) is 54.0 Å². The minimum atomic E-state index is -0.748. The van der Waals surface area contributed by atoms with Gasteiger partial charge in [0.2, 0.25) is 0 Å². The third-order valence-corrected chi connectivity index (χ3v) is 7.91. The molecule has 1 saturated carbocycles. The summed E-state index contributed by atoms with van der Waals surface area (Å²) in [4.78, 5) is 13.6. The Bertz CT molecular complexity index is 1230. The average molecular weight is 429 g/mol. The Morgan fingerprint density at radius 2 is 1.80 bits per heavy atom. The van der Waals surface area contributed by atoms with Gasteiger partial charge in [-0.25, -0.2) is 13.5 Å². The Labute approximate surface area is 178 Å². The highest BCUT2D eigenvalue weighted by atomic mass is 35.5. The zero-order chi connectivity index (χ0) is 21.4. The summed E-state index contributed by atoms with van der Waals surface area (Å²) < 4.78 is 31.6. The van der Waals surface area contributed by atoms with E-state index < -0.39 is 11.6 Å². The van der Waals surface area contributed by atoms with Crippen LogP contribution in [0.4, 0.5) is 8.78 Å². The second-order valence-corrected chi connectivity index (χ2v) is 9.74. The van der Waals surface area contributed by atoms with E-state index in [9.17, 15) is 13.6 Å². The number of rotatable bonds is 3. The molecule has 0 radical (unpaired) electrons. The number of aromatic nitrogens is 2. The van der Waals surface area contributed by atoms with Crippen molar-refractivity contribution in [2.45, 2.75) is 51.5 Å². The van der Waals surface area contributed by atoms with Crippen LogP contribution in [-0.4, -0.2) is 9.36 Å². The minimum Gasteiger partial charge on any atom is -0.277 e.